The minimum absolute atomic E-state index is 0.247. The van der Waals surface area contributed by atoms with Gasteiger partial charge in [-0.05, 0) is 24.6 Å². The van der Waals surface area contributed by atoms with E-state index in [1.54, 1.807) is 13.0 Å². The molecule has 2 rings (SSSR count). The third-order valence-electron chi connectivity index (χ3n) is 2.71. The van der Waals surface area contributed by atoms with Crippen molar-refractivity contribution < 1.29 is 17.7 Å². The lowest BCUT2D eigenvalue weighted by atomic mass is 10.3. The third-order valence-corrected chi connectivity index (χ3v) is 4.07. The molecule has 1 N–H and O–H groups in total. The van der Waals surface area contributed by atoms with Crippen LogP contribution in [0.2, 0.25) is 0 Å². The monoisotopic (exact) mass is 311 g/mol. The van der Waals surface area contributed by atoms with E-state index in [2.05, 4.69) is 9.71 Å². The molecule has 0 radical (unpaired) electrons. The van der Waals surface area contributed by atoms with Crippen LogP contribution in [-0.2, 0) is 10.0 Å². The number of nitro groups is 1. The maximum atomic E-state index is 13.5. The molecule has 0 amide bonds. The largest absolute Gasteiger partial charge is 0.304 e. The standard InChI is InChI=1S/C12H10FN3O4S/c1-8-4-5-14-7-11(8)15-21(19,20)9-2-3-12(16(17)18)10(13)6-9/h2-7,15H,1H3. The number of nitrogens with one attached hydrogen (secondary N) is 1. The first kappa shape index (κ1) is 14.9. The van der Waals surface area contributed by atoms with Crippen molar-refractivity contribution in [1.82, 2.24) is 4.98 Å². The van der Waals surface area contributed by atoms with Gasteiger partial charge in [-0.25, -0.2) is 8.42 Å². The second kappa shape index (κ2) is 5.44. The van der Waals surface area contributed by atoms with Gasteiger partial charge in [-0.2, -0.15) is 4.39 Å². The Labute approximate surface area is 119 Å². The minimum Gasteiger partial charge on any atom is -0.278 e. The average molecular weight is 311 g/mol. The fourth-order valence-electron chi connectivity index (χ4n) is 1.58. The fraction of sp³-hybridized carbons (Fsp3) is 0.0833. The molecule has 0 atom stereocenters. The molecule has 0 aliphatic rings. The molecule has 0 unspecified atom stereocenters. The van der Waals surface area contributed by atoms with Crippen LogP contribution in [0.1, 0.15) is 5.56 Å². The molecule has 1 heterocycles. The van der Waals surface area contributed by atoms with Crippen molar-refractivity contribution in [1.29, 1.82) is 0 Å². The first-order chi connectivity index (χ1) is 9.81. The predicted octanol–water partition coefficient (Wildman–Crippen LogP) is 2.24. The van der Waals surface area contributed by atoms with E-state index < -0.39 is 31.3 Å². The highest BCUT2D eigenvalue weighted by atomic mass is 32.2. The van der Waals surface area contributed by atoms with E-state index in [0.717, 1.165) is 12.1 Å². The molecular weight excluding hydrogens is 301 g/mol. The summed E-state index contributed by atoms with van der Waals surface area (Å²) in [7, 11) is -4.05. The molecule has 7 nitrogen and oxygen atoms in total. The number of sulfonamides is 1. The van der Waals surface area contributed by atoms with E-state index in [9.17, 15) is 22.9 Å². The van der Waals surface area contributed by atoms with Gasteiger partial charge >= 0.3 is 5.69 Å². The van der Waals surface area contributed by atoms with Gasteiger partial charge in [0.1, 0.15) is 0 Å². The van der Waals surface area contributed by atoms with Crippen LogP contribution in [0.4, 0.5) is 15.8 Å². The molecule has 0 aliphatic carbocycles. The van der Waals surface area contributed by atoms with E-state index >= 15 is 0 Å². The summed E-state index contributed by atoms with van der Waals surface area (Å²) in [6, 6.07) is 3.98. The molecule has 110 valence electrons. The number of nitro benzene ring substituents is 1. The highest BCUT2D eigenvalue weighted by molar-refractivity contribution is 7.92. The molecule has 0 saturated heterocycles. The van der Waals surface area contributed by atoms with E-state index in [1.807, 2.05) is 0 Å². The zero-order valence-electron chi connectivity index (χ0n) is 10.8. The quantitative estimate of drug-likeness (QED) is 0.689. The van der Waals surface area contributed by atoms with Crippen molar-refractivity contribution in [3.63, 3.8) is 0 Å². The Hall–Kier alpha value is -2.55. The van der Waals surface area contributed by atoms with Gasteiger partial charge in [0.05, 0.1) is 21.7 Å². The molecule has 1 aromatic carbocycles. The molecule has 9 heteroatoms. The highest BCUT2D eigenvalue weighted by Gasteiger charge is 2.21. The molecule has 0 bridgehead atoms. The van der Waals surface area contributed by atoms with Crippen molar-refractivity contribution in [2.45, 2.75) is 11.8 Å². The maximum Gasteiger partial charge on any atom is 0.304 e. The van der Waals surface area contributed by atoms with Gasteiger partial charge in [0.25, 0.3) is 10.0 Å². The predicted molar refractivity (Wildman–Crippen MR) is 72.8 cm³/mol. The molecule has 0 spiro atoms. The summed E-state index contributed by atoms with van der Waals surface area (Å²) in [5.41, 5.74) is 0.0960. The van der Waals surface area contributed by atoms with Crippen LogP contribution in [0, 0.1) is 22.9 Å². The number of pyridine rings is 1. The maximum absolute atomic E-state index is 13.5. The van der Waals surface area contributed by atoms with Crippen LogP contribution in [-0.4, -0.2) is 18.3 Å². The summed E-state index contributed by atoms with van der Waals surface area (Å²) in [6.07, 6.45) is 2.81. The van der Waals surface area contributed by atoms with Crippen LogP contribution in [0.15, 0.2) is 41.6 Å². The molecule has 0 saturated carbocycles. The van der Waals surface area contributed by atoms with E-state index in [-0.39, 0.29) is 5.69 Å². The van der Waals surface area contributed by atoms with Crippen LogP contribution in [0.3, 0.4) is 0 Å². The van der Waals surface area contributed by atoms with Gasteiger partial charge in [-0.3, -0.25) is 19.8 Å². The van der Waals surface area contributed by atoms with Gasteiger partial charge in [-0.1, -0.05) is 0 Å². The summed E-state index contributed by atoms with van der Waals surface area (Å²) in [4.78, 5) is 13.0. The lowest BCUT2D eigenvalue weighted by molar-refractivity contribution is -0.387. The zero-order chi connectivity index (χ0) is 15.6. The van der Waals surface area contributed by atoms with Gasteiger partial charge < -0.3 is 0 Å². The summed E-state index contributed by atoms with van der Waals surface area (Å²) >= 11 is 0. The van der Waals surface area contributed by atoms with Gasteiger partial charge in [0.15, 0.2) is 0 Å². The second-order valence-corrected chi connectivity index (χ2v) is 5.85. The number of aromatic nitrogens is 1. The number of hydrogen-bond donors (Lipinski definition) is 1. The summed E-state index contributed by atoms with van der Waals surface area (Å²) < 4.78 is 40.0. The van der Waals surface area contributed by atoms with Crippen LogP contribution < -0.4 is 4.72 Å². The number of rotatable bonds is 4. The number of anilines is 1. The first-order valence-corrected chi connectivity index (χ1v) is 7.17. The number of halogens is 1. The number of hydrogen-bond acceptors (Lipinski definition) is 5. The molecule has 2 aromatic rings. The number of benzene rings is 1. The third kappa shape index (κ3) is 3.14. The topological polar surface area (TPSA) is 102 Å². The summed E-state index contributed by atoms with van der Waals surface area (Å²) in [5, 5.41) is 10.5. The van der Waals surface area contributed by atoms with E-state index in [4.69, 9.17) is 0 Å². The highest BCUT2D eigenvalue weighted by Crippen LogP contribution is 2.23. The Morgan fingerprint density at radius 1 is 1.33 bits per heavy atom. The number of aryl methyl sites for hydroxylation is 1. The second-order valence-electron chi connectivity index (χ2n) is 4.17. The van der Waals surface area contributed by atoms with E-state index in [0.29, 0.717) is 11.6 Å². The summed E-state index contributed by atoms with van der Waals surface area (Å²) in [5.74, 6) is -1.22. The fourth-order valence-corrected chi connectivity index (χ4v) is 2.70. The Balaban J connectivity index is 2.39. The van der Waals surface area contributed by atoms with Gasteiger partial charge in [0.2, 0.25) is 5.82 Å². The van der Waals surface area contributed by atoms with E-state index in [1.165, 1.54) is 12.4 Å². The first-order valence-electron chi connectivity index (χ1n) is 5.68. The van der Waals surface area contributed by atoms with Crippen molar-refractivity contribution >= 4 is 21.4 Å². The van der Waals surface area contributed by atoms with Crippen LogP contribution in [0.5, 0.6) is 0 Å². The normalized spacial score (nSPS) is 11.1. The molecule has 21 heavy (non-hydrogen) atoms. The Morgan fingerprint density at radius 3 is 2.62 bits per heavy atom. The van der Waals surface area contributed by atoms with Crippen molar-refractivity contribution in [2.24, 2.45) is 0 Å². The van der Waals surface area contributed by atoms with Crippen LogP contribution in [0.25, 0.3) is 0 Å². The Bertz CT molecular complexity index is 808. The molecule has 1 aromatic heterocycles. The summed E-state index contributed by atoms with van der Waals surface area (Å²) in [6.45, 7) is 1.68. The molecular formula is C12H10FN3O4S. The average Bonchev–Trinajstić information content (AvgIpc) is 2.40. The van der Waals surface area contributed by atoms with Gasteiger partial charge in [0, 0.05) is 18.3 Å². The van der Waals surface area contributed by atoms with Crippen LogP contribution >= 0.6 is 0 Å². The molecule has 0 aliphatic heterocycles. The zero-order valence-corrected chi connectivity index (χ0v) is 11.6. The smallest absolute Gasteiger partial charge is 0.278 e. The lowest BCUT2D eigenvalue weighted by Gasteiger charge is -2.09. The van der Waals surface area contributed by atoms with Gasteiger partial charge in [-0.15, -0.1) is 0 Å². The minimum atomic E-state index is -4.05. The number of nitrogens with zero attached hydrogens (tertiary/aromatic N) is 2. The van der Waals surface area contributed by atoms with Crippen molar-refractivity contribution in [3.05, 3.63) is 58.2 Å². The van der Waals surface area contributed by atoms with Crippen molar-refractivity contribution in [3.8, 4) is 0 Å². The lowest BCUT2D eigenvalue weighted by Crippen LogP contribution is -2.14. The van der Waals surface area contributed by atoms with Crippen molar-refractivity contribution in [2.75, 3.05) is 4.72 Å². The molecule has 0 fully saturated rings. The Morgan fingerprint density at radius 2 is 2.05 bits per heavy atom. The SMILES string of the molecule is Cc1ccncc1NS(=O)(=O)c1ccc([N+](=O)[O-])c(F)c1. The Kier molecular flexibility index (Phi) is 3.85.